The number of hydrogen-bond donors (Lipinski definition) is 0. The van der Waals surface area contributed by atoms with Crippen LogP contribution >= 0.6 is 11.8 Å². The van der Waals surface area contributed by atoms with Crippen LogP contribution in [-0.2, 0) is 0 Å². The number of hydrogen-bond acceptors (Lipinski definition) is 4. The topological polar surface area (TPSA) is 50.5 Å². The van der Waals surface area contributed by atoms with Crippen molar-refractivity contribution in [1.82, 2.24) is 4.90 Å². The lowest BCUT2D eigenvalue weighted by atomic mass is 10.1. The minimum absolute atomic E-state index is 0.180. The highest BCUT2D eigenvalue weighted by molar-refractivity contribution is 7.99. The van der Waals surface area contributed by atoms with E-state index in [1.807, 2.05) is 13.0 Å². The summed E-state index contributed by atoms with van der Waals surface area (Å²) in [4.78, 5) is 26.8. The summed E-state index contributed by atoms with van der Waals surface area (Å²) in [6, 6.07) is 8.91. The van der Waals surface area contributed by atoms with Crippen molar-refractivity contribution in [3.05, 3.63) is 53.5 Å². The van der Waals surface area contributed by atoms with Gasteiger partial charge in [0.15, 0.2) is 0 Å². The van der Waals surface area contributed by atoms with Crippen molar-refractivity contribution < 1.29 is 14.0 Å². The van der Waals surface area contributed by atoms with E-state index in [0.717, 1.165) is 22.8 Å². The van der Waals surface area contributed by atoms with Gasteiger partial charge in [-0.15, -0.1) is 11.8 Å². The molecule has 2 amide bonds. The number of benzene rings is 1. The fourth-order valence-electron chi connectivity index (χ4n) is 2.37. The van der Waals surface area contributed by atoms with Crippen molar-refractivity contribution >= 4 is 23.6 Å². The zero-order valence-corrected chi connectivity index (χ0v) is 12.5. The Labute approximate surface area is 127 Å². The number of amides is 2. The molecule has 1 aliphatic heterocycles. The number of rotatable bonds is 5. The Morgan fingerprint density at radius 2 is 1.76 bits per heavy atom. The van der Waals surface area contributed by atoms with Gasteiger partial charge >= 0.3 is 0 Å². The molecule has 2 aromatic rings. The van der Waals surface area contributed by atoms with E-state index >= 15 is 0 Å². The van der Waals surface area contributed by atoms with Crippen molar-refractivity contribution in [2.75, 3.05) is 12.3 Å². The first kappa shape index (κ1) is 13.9. The van der Waals surface area contributed by atoms with E-state index in [2.05, 4.69) is 0 Å². The Kier molecular flexibility index (Phi) is 3.84. The molecule has 4 nitrogen and oxygen atoms in total. The lowest BCUT2D eigenvalue weighted by Gasteiger charge is -2.13. The van der Waals surface area contributed by atoms with Gasteiger partial charge in [-0.1, -0.05) is 12.1 Å². The smallest absolute Gasteiger partial charge is 0.261 e. The van der Waals surface area contributed by atoms with E-state index in [1.54, 1.807) is 42.3 Å². The third kappa shape index (κ3) is 2.61. The first-order valence-corrected chi connectivity index (χ1v) is 7.79. The van der Waals surface area contributed by atoms with Gasteiger partial charge in [-0.3, -0.25) is 14.5 Å². The number of nitrogens with zero attached hydrogens (tertiary/aromatic N) is 1. The predicted molar refractivity (Wildman–Crippen MR) is 80.6 cm³/mol. The van der Waals surface area contributed by atoms with Gasteiger partial charge in [-0.25, -0.2) is 0 Å². The average molecular weight is 301 g/mol. The average Bonchev–Trinajstić information content (AvgIpc) is 3.00. The largest absolute Gasteiger partial charge is 0.468 e. The molecule has 0 bridgehead atoms. The number of thioether (sulfide) groups is 1. The minimum Gasteiger partial charge on any atom is -0.468 e. The molecule has 108 valence electrons. The maximum atomic E-state index is 12.2. The molecule has 0 aliphatic carbocycles. The highest BCUT2D eigenvalue weighted by Crippen LogP contribution is 2.25. The Bertz CT molecular complexity index is 657. The van der Waals surface area contributed by atoms with Crippen LogP contribution in [-0.4, -0.2) is 29.0 Å². The molecule has 2 heterocycles. The van der Waals surface area contributed by atoms with Crippen LogP contribution in [0, 0.1) is 6.92 Å². The van der Waals surface area contributed by atoms with Crippen molar-refractivity contribution in [3.8, 4) is 0 Å². The van der Waals surface area contributed by atoms with Crippen molar-refractivity contribution in [1.29, 1.82) is 0 Å². The third-order valence-corrected chi connectivity index (χ3v) is 4.70. The SMILES string of the molecule is Cc1occc1SCCCN1C(=O)c2ccccc2C1=O. The number of fused-ring (bicyclic) bond motifs is 1. The predicted octanol–water partition coefficient (Wildman–Crippen LogP) is 3.37. The summed E-state index contributed by atoms with van der Waals surface area (Å²) < 4.78 is 5.23. The number of imide groups is 1. The number of furan rings is 1. The lowest BCUT2D eigenvalue weighted by molar-refractivity contribution is 0.0655. The summed E-state index contributed by atoms with van der Waals surface area (Å²) >= 11 is 1.68. The molecular formula is C16H15NO3S. The summed E-state index contributed by atoms with van der Waals surface area (Å²) in [7, 11) is 0. The summed E-state index contributed by atoms with van der Waals surface area (Å²) in [5, 5.41) is 0. The maximum absolute atomic E-state index is 12.2. The normalized spacial score (nSPS) is 13.9. The molecule has 5 heteroatoms. The molecule has 0 fully saturated rings. The fourth-order valence-corrected chi connectivity index (χ4v) is 3.27. The Balaban J connectivity index is 1.56. The van der Waals surface area contributed by atoms with Crippen molar-refractivity contribution in [2.45, 2.75) is 18.2 Å². The van der Waals surface area contributed by atoms with Crippen LogP contribution in [0.3, 0.4) is 0 Å². The van der Waals surface area contributed by atoms with E-state index in [-0.39, 0.29) is 11.8 Å². The molecular weight excluding hydrogens is 286 g/mol. The van der Waals surface area contributed by atoms with Gasteiger partial charge in [-0.2, -0.15) is 0 Å². The van der Waals surface area contributed by atoms with Gasteiger partial charge in [-0.05, 0) is 37.3 Å². The molecule has 0 unspecified atom stereocenters. The van der Waals surface area contributed by atoms with Crippen molar-refractivity contribution in [3.63, 3.8) is 0 Å². The molecule has 1 aliphatic rings. The molecule has 0 saturated carbocycles. The van der Waals surface area contributed by atoms with E-state index in [4.69, 9.17) is 4.42 Å². The number of aryl methyl sites for hydroxylation is 1. The molecule has 3 rings (SSSR count). The molecule has 0 atom stereocenters. The molecule has 21 heavy (non-hydrogen) atoms. The van der Waals surface area contributed by atoms with Crippen LogP contribution in [0.5, 0.6) is 0 Å². The van der Waals surface area contributed by atoms with Gasteiger partial charge in [0.25, 0.3) is 11.8 Å². The van der Waals surface area contributed by atoms with Crippen LogP contribution in [0.1, 0.15) is 32.9 Å². The number of carbonyl (C=O) groups excluding carboxylic acids is 2. The van der Waals surface area contributed by atoms with E-state index in [9.17, 15) is 9.59 Å². The molecule has 0 N–H and O–H groups in total. The van der Waals surface area contributed by atoms with Gasteiger partial charge in [0.05, 0.1) is 17.4 Å². The standard InChI is InChI=1S/C16H15NO3S/c1-11-14(7-9-20-11)21-10-4-8-17-15(18)12-5-2-3-6-13(12)16(17)19/h2-3,5-7,9H,4,8,10H2,1H3. The second-order valence-electron chi connectivity index (χ2n) is 4.85. The third-order valence-electron chi connectivity index (χ3n) is 3.47. The molecule has 1 aromatic carbocycles. The molecule has 0 spiro atoms. The van der Waals surface area contributed by atoms with Crippen LogP contribution in [0.25, 0.3) is 0 Å². The van der Waals surface area contributed by atoms with Crippen LogP contribution < -0.4 is 0 Å². The second-order valence-corrected chi connectivity index (χ2v) is 5.99. The Hall–Kier alpha value is -2.01. The van der Waals surface area contributed by atoms with Crippen LogP contribution in [0.4, 0.5) is 0 Å². The first-order chi connectivity index (χ1) is 10.2. The highest BCUT2D eigenvalue weighted by Gasteiger charge is 2.34. The van der Waals surface area contributed by atoms with Gasteiger partial charge in [0.2, 0.25) is 0 Å². The zero-order chi connectivity index (χ0) is 14.8. The van der Waals surface area contributed by atoms with Gasteiger partial charge < -0.3 is 4.42 Å². The monoisotopic (exact) mass is 301 g/mol. The quantitative estimate of drug-likeness (QED) is 0.483. The van der Waals surface area contributed by atoms with E-state index < -0.39 is 0 Å². The molecule has 0 radical (unpaired) electrons. The van der Waals surface area contributed by atoms with Crippen molar-refractivity contribution in [2.24, 2.45) is 0 Å². The van der Waals surface area contributed by atoms with Crippen LogP contribution in [0.15, 0.2) is 45.9 Å². The second kappa shape index (κ2) is 5.77. The van der Waals surface area contributed by atoms with Crippen LogP contribution in [0.2, 0.25) is 0 Å². The first-order valence-electron chi connectivity index (χ1n) is 6.80. The zero-order valence-electron chi connectivity index (χ0n) is 11.7. The van der Waals surface area contributed by atoms with Gasteiger partial charge in [0.1, 0.15) is 5.76 Å². The maximum Gasteiger partial charge on any atom is 0.261 e. The molecule has 0 saturated heterocycles. The summed E-state index contributed by atoms with van der Waals surface area (Å²) in [6.07, 6.45) is 2.43. The summed E-state index contributed by atoms with van der Waals surface area (Å²) in [5.41, 5.74) is 1.03. The fraction of sp³-hybridized carbons (Fsp3) is 0.250. The highest BCUT2D eigenvalue weighted by atomic mass is 32.2. The Morgan fingerprint density at radius 1 is 1.10 bits per heavy atom. The Morgan fingerprint density at radius 3 is 2.33 bits per heavy atom. The van der Waals surface area contributed by atoms with E-state index in [0.29, 0.717) is 17.7 Å². The summed E-state index contributed by atoms with van der Waals surface area (Å²) in [5.74, 6) is 1.38. The minimum atomic E-state index is -0.180. The molecule has 1 aromatic heterocycles. The van der Waals surface area contributed by atoms with Gasteiger partial charge in [0, 0.05) is 11.4 Å². The number of carbonyl (C=O) groups is 2. The lowest BCUT2D eigenvalue weighted by Crippen LogP contribution is -2.30. The summed E-state index contributed by atoms with van der Waals surface area (Å²) in [6.45, 7) is 2.38. The van der Waals surface area contributed by atoms with E-state index in [1.165, 1.54) is 4.90 Å².